The summed E-state index contributed by atoms with van der Waals surface area (Å²) in [5.74, 6) is -2.78. The second kappa shape index (κ2) is 9.83. The zero-order chi connectivity index (χ0) is 23.4. The topological polar surface area (TPSA) is 105 Å². The largest absolute Gasteiger partial charge is 0.455 e. The van der Waals surface area contributed by atoms with E-state index >= 15 is 0 Å². The Kier molecular flexibility index (Phi) is 6.69. The van der Waals surface area contributed by atoms with Crippen LogP contribution in [0.15, 0.2) is 71.2 Å². The number of hydrogen-bond acceptors (Lipinski definition) is 5. The zero-order valence-corrected chi connectivity index (χ0v) is 19.0. The fourth-order valence-corrected chi connectivity index (χ4v) is 3.80. The van der Waals surface area contributed by atoms with Gasteiger partial charge in [-0.25, -0.2) is 0 Å². The Bertz CT molecular complexity index is 1220. The van der Waals surface area contributed by atoms with Gasteiger partial charge in [0.2, 0.25) is 5.91 Å². The molecule has 0 saturated carbocycles. The average Bonchev–Trinajstić information content (AvgIpc) is 3.18. The summed E-state index contributed by atoms with van der Waals surface area (Å²) in [4.78, 5) is 49.3. The molecule has 0 bridgehead atoms. The molecule has 3 aromatic rings. The number of nitrogens with one attached hydrogen (secondary N) is 2. The molecule has 0 aliphatic carbocycles. The number of anilines is 1. The monoisotopic (exact) mass is 509 g/mol. The number of esters is 1. The van der Waals surface area contributed by atoms with Crippen LogP contribution in [0.4, 0.5) is 5.69 Å². The lowest BCUT2D eigenvalue weighted by Crippen LogP contribution is -2.43. The third kappa shape index (κ3) is 5.38. The fraction of sp³-hybridized carbons (Fsp3) is 0.167. The highest BCUT2D eigenvalue weighted by molar-refractivity contribution is 9.10. The lowest BCUT2D eigenvalue weighted by atomic mass is 10.1. The molecule has 168 valence electrons. The Morgan fingerprint density at radius 1 is 1.00 bits per heavy atom. The number of benzene rings is 3. The first-order chi connectivity index (χ1) is 15.9. The van der Waals surface area contributed by atoms with Crippen LogP contribution in [-0.2, 0) is 19.1 Å². The van der Waals surface area contributed by atoms with Gasteiger partial charge in [-0.05, 0) is 35.7 Å². The van der Waals surface area contributed by atoms with Crippen molar-refractivity contribution in [2.45, 2.75) is 6.42 Å². The van der Waals surface area contributed by atoms with Crippen LogP contribution in [0.5, 0.6) is 0 Å². The van der Waals surface area contributed by atoms with Crippen molar-refractivity contribution in [3.63, 3.8) is 0 Å². The van der Waals surface area contributed by atoms with Gasteiger partial charge in [0.25, 0.3) is 11.8 Å². The highest BCUT2D eigenvalue weighted by atomic mass is 79.9. The number of carbonyl (C=O) groups is 4. The Morgan fingerprint density at radius 2 is 1.73 bits per heavy atom. The predicted octanol–water partition coefficient (Wildman–Crippen LogP) is 3.28. The lowest BCUT2D eigenvalue weighted by Gasteiger charge is -2.17. The molecule has 3 aromatic carbocycles. The van der Waals surface area contributed by atoms with Crippen LogP contribution < -0.4 is 10.7 Å². The van der Waals surface area contributed by atoms with E-state index in [4.69, 9.17) is 4.74 Å². The number of rotatable bonds is 6. The number of halogens is 1. The van der Waals surface area contributed by atoms with E-state index in [0.29, 0.717) is 11.3 Å². The van der Waals surface area contributed by atoms with Crippen LogP contribution in [-0.4, -0.2) is 41.9 Å². The van der Waals surface area contributed by atoms with Gasteiger partial charge < -0.3 is 10.1 Å². The third-order valence-electron chi connectivity index (χ3n) is 5.21. The Morgan fingerprint density at radius 3 is 2.52 bits per heavy atom. The molecule has 9 heteroatoms. The van der Waals surface area contributed by atoms with E-state index in [9.17, 15) is 19.2 Å². The molecule has 2 N–H and O–H groups in total. The van der Waals surface area contributed by atoms with E-state index < -0.39 is 36.2 Å². The van der Waals surface area contributed by atoms with Crippen molar-refractivity contribution in [2.24, 2.45) is 5.92 Å². The van der Waals surface area contributed by atoms with Crippen LogP contribution in [0.1, 0.15) is 16.8 Å². The highest BCUT2D eigenvalue weighted by Gasteiger charge is 2.36. The zero-order valence-electron chi connectivity index (χ0n) is 17.4. The van der Waals surface area contributed by atoms with Gasteiger partial charge in [-0.2, -0.15) is 0 Å². The first-order valence-corrected chi connectivity index (χ1v) is 11.0. The molecule has 33 heavy (non-hydrogen) atoms. The Labute approximate surface area is 198 Å². The number of carbonyl (C=O) groups excluding carboxylic acids is 4. The van der Waals surface area contributed by atoms with Gasteiger partial charge in [-0.1, -0.05) is 52.3 Å². The van der Waals surface area contributed by atoms with Crippen molar-refractivity contribution in [1.82, 2.24) is 10.4 Å². The number of amides is 3. The number of ether oxygens (including phenoxy) is 1. The number of fused-ring (bicyclic) bond motifs is 1. The summed E-state index contributed by atoms with van der Waals surface area (Å²) >= 11 is 3.29. The molecule has 1 saturated heterocycles. The summed E-state index contributed by atoms with van der Waals surface area (Å²) in [5.41, 5.74) is 3.50. The number of hydrogen-bond donors (Lipinski definition) is 2. The predicted molar refractivity (Wildman–Crippen MR) is 125 cm³/mol. The first kappa shape index (κ1) is 22.5. The molecule has 0 spiro atoms. The molecule has 0 aromatic heterocycles. The van der Waals surface area contributed by atoms with E-state index in [1.165, 1.54) is 0 Å². The molecule has 3 amide bonds. The molecular weight excluding hydrogens is 490 g/mol. The van der Waals surface area contributed by atoms with Crippen LogP contribution >= 0.6 is 15.9 Å². The van der Waals surface area contributed by atoms with Crippen molar-refractivity contribution in [2.75, 3.05) is 18.5 Å². The van der Waals surface area contributed by atoms with Crippen LogP contribution in [0.25, 0.3) is 10.8 Å². The maximum absolute atomic E-state index is 12.4. The summed E-state index contributed by atoms with van der Waals surface area (Å²) in [6, 6.07) is 19.8. The van der Waals surface area contributed by atoms with Gasteiger partial charge in [0.15, 0.2) is 6.61 Å². The summed E-state index contributed by atoms with van der Waals surface area (Å²) in [6.45, 7) is -0.497. The maximum atomic E-state index is 12.4. The third-order valence-corrected chi connectivity index (χ3v) is 5.74. The van der Waals surface area contributed by atoms with E-state index in [1.807, 2.05) is 36.4 Å². The van der Waals surface area contributed by atoms with Gasteiger partial charge in [0, 0.05) is 27.5 Å². The van der Waals surface area contributed by atoms with Crippen molar-refractivity contribution >= 4 is 56.1 Å². The molecule has 1 atom stereocenters. The standard InChI is InChI=1S/C24H20BrN3O5/c25-18-10-8-16(9-11-18)23(31)27-28-13-17(12-22(28)30)24(32)33-14-21(29)26-20-7-3-5-15-4-1-2-6-19(15)20/h1-11,17H,12-14H2,(H,26,29)(H,27,31)/t17-/m0/s1. The summed E-state index contributed by atoms with van der Waals surface area (Å²) < 4.78 is 5.95. The molecule has 0 radical (unpaired) electrons. The molecule has 0 unspecified atom stereocenters. The van der Waals surface area contributed by atoms with E-state index in [-0.39, 0.29) is 13.0 Å². The maximum Gasteiger partial charge on any atom is 0.311 e. The van der Waals surface area contributed by atoms with Crippen LogP contribution in [0.2, 0.25) is 0 Å². The second-order valence-corrected chi connectivity index (χ2v) is 8.45. The normalized spacial score (nSPS) is 15.4. The van der Waals surface area contributed by atoms with Crippen molar-refractivity contribution in [3.05, 3.63) is 76.8 Å². The smallest absolute Gasteiger partial charge is 0.311 e. The van der Waals surface area contributed by atoms with Crippen molar-refractivity contribution < 1.29 is 23.9 Å². The van der Waals surface area contributed by atoms with E-state index in [0.717, 1.165) is 20.3 Å². The Balaban J connectivity index is 1.29. The molecular formula is C24H20BrN3O5. The van der Waals surface area contributed by atoms with E-state index in [1.54, 1.807) is 30.3 Å². The molecule has 4 rings (SSSR count). The summed E-state index contributed by atoms with van der Waals surface area (Å²) in [7, 11) is 0. The van der Waals surface area contributed by atoms with Crippen LogP contribution in [0.3, 0.4) is 0 Å². The lowest BCUT2D eigenvalue weighted by molar-refractivity contribution is -0.151. The minimum Gasteiger partial charge on any atom is -0.455 e. The molecule has 1 heterocycles. The molecule has 1 aliphatic heterocycles. The summed E-state index contributed by atoms with van der Waals surface area (Å²) in [6.07, 6.45) is -0.107. The average molecular weight is 510 g/mol. The number of nitrogens with zero attached hydrogens (tertiary/aromatic N) is 1. The molecule has 8 nitrogen and oxygen atoms in total. The minimum atomic E-state index is -0.770. The van der Waals surface area contributed by atoms with E-state index in [2.05, 4.69) is 26.7 Å². The van der Waals surface area contributed by atoms with Crippen molar-refractivity contribution in [3.8, 4) is 0 Å². The SMILES string of the molecule is O=C(COC(=O)[C@H]1CC(=O)N(NC(=O)c2ccc(Br)cc2)C1)Nc1cccc2ccccc12. The van der Waals surface area contributed by atoms with Crippen LogP contribution in [0, 0.1) is 5.92 Å². The van der Waals surface area contributed by atoms with Gasteiger partial charge in [-0.15, -0.1) is 0 Å². The van der Waals surface area contributed by atoms with Gasteiger partial charge >= 0.3 is 5.97 Å². The first-order valence-electron chi connectivity index (χ1n) is 10.2. The van der Waals surface area contributed by atoms with Crippen molar-refractivity contribution in [1.29, 1.82) is 0 Å². The summed E-state index contributed by atoms with van der Waals surface area (Å²) in [5, 5.41) is 5.69. The molecule has 1 aliphatic rings. The van der Waals surface area contributed by atoms with Gasteiger partial charge in [0.1, 0.15) is 0 Å². The Hall–Kier alpha value is -3.72. The van der Waals surface area contributed by atoms with Gasteiger partial charge in [0.05, 0.1) is 12.5 Å². The minimum absolute atomic E-state index is 0.0229. The number of hydrazine groups is 1. The molecule has 1 fully saturated rings. The quantitative estimate of drug-likeness (QED) is 0.496. The fourth-order valence-electron chi connectivity index (χ4n) is 3.54. The van der Waals surface area contributed by atoms with Gasteiger partial charge in [-0.3, -0.25) is 29.6 Å². The second-order valence-electron chi connectivity index (χ2n) is 7.54. The highest BCUT2D eigenvalue weighted by Crippen LogP contribution is 2.23.